The molecule has 13 heteroatoms. The lowest BCUT2D eigenvalue weighted by Crippen LogP contribution is -2.40. The number of sulfonamides is 1. The van der Waals surface area contributed by atoms with Gasteiger partial charge in [-0.15, -0.1) is 10.2 Å². The van der Waals surface area contributed by atoms with E-state index in [-0.39, 0.29) is 32.8 Å². The first kappa shape index (κ1) is 22.7. The van der Waals surface area contributed by atoms with Gasteiger partial charge in [0.2, 0.25) is 21.8 Å². The minimum atomic E-state index is -3.65. The number of carbonyl (C=O) groups is 1. The van der Waals surface area contributed by atoms with Gasteiger partial charge in [0.25, 0.3) is 5.22 Å². The first-order chi connectivity index (χ1) is 15.4. The molecule has 168 valence electrons. The summed E-state index contributed by atoms with van der Waals surface area (Å²) < 4.78 is 38.0. The number of halogens is 1. The smallest absolute Gasteiger partial charge is 0.277 e. The molecular weight excluding hydrogens is 478 g/mol. The second-order valence-electron chi connectivity index (χ2n) is 6.60. The van der Waals surface area contributed by atoms with Crippen LogP contribution in [0.15, 0.2) is 57.1 Å². The normalized spacial score (nSPS) is 14.9. The highest BCUT2D eigenvalue weighted by atomic mass is 35.5. The number of hydrogen-bond acceptors (Lipinski definition) is 9. The molecule has 0 unspecified atom stereocenters. The number of amides is 1. The van der Waals surface area contributed by atoms with Crippen molar-refractivity contribution < 1.29 is 22.4 Å². The van der Waals surface area contributed by atoms with E-state index in [0.717, 1.165) is 11.8 Å². The number of nitrogens with one attached hydrogen (secondary N) is 1. The summed E-state index contributed by atoms with van der Waals surface area (Å²) in [4.78, 5) is 16.2. The number of hydrogen-bond donors (Lipinski definition) is 1. The Morgan fingerprint density at radius 3 is 2.78 bits per heavy atom. The minimum absolute atomic E-state index is 0.0122. The van der Waals surface area contributed by atoms with Crippen molar-refractivity contribution in [1.82, 2.24) is 19.5 Å². The van der Waals surface area contributed by atoms with Crippen LogP contribution >= 0.6 is 23.4 Å². The van der Waals surface area contributed by atoms with Gasteiger partial charge in [-0.2, -0.15) is 4.31 Å². The maximum Gasteiger partial charge on any atom is 0.277 e. The molecule has 4 rings (SSSR count). The van der Waals surface area contributed by atoms with Crippen molar-refractivity contribution in [2.24, 2.45) is 0 Å². The van der Waals surface area contributed by atoms with Crippen molar-refractivity contribution >= 4 is 45.0 Å². The van der Waals surface area contributed by atoms with E-state index in [1.54, 1.807) is 24.3 Å². The number of thioether (sulfide) groups is 1. The zero-order valence-electron chi connectivity index (χ0n) is 16.6. The number of morpholine rings is 1. The van der Waals surface area contributed by atoms with E-state index in [4.69, 9.17) is 20.8 Å². The quantitative estimate of drug-likeness (QED) is 0.388. The Morgan fingerprint density at radius 1 is 1.19 bits per heavy atom. The van der Waals surface area contributed by atoms with Crippen LogP contribution in [0.2, 0.25) is 5.15 Å². The highest BCUT2D eigenvalue weighted by molar-refractivity contribution is 7.99. The van der Waals surface area contributed by atoms with Gasteiger partial charge in [-0.1, -0.05) is 29.4 Å². The van der Waals surface area contributed by atoms with E-state index in [0.29, 0.717) is 37.6 Å². The highest BCUT2D eigenvalue weighted by Gasteiger charge is 2.27. The van der Waals surface area contributed by atoms with E-state index in [9.17, 15) is 13.2 Å². The maximum atomic E-state index is 12.9. The Kier molecular flexibility index (Phi) is 7.06. The molecule has 1 amide bonds. The van der Waals surface area contributed by atoms with Gasteiger partial charge in [0.05, 0.1) is 29.5 Å². The summed E-state index contributed by atoms with van der Waals surface area (Å²) in [5.74, 6) is -0.149. The standard InChI is InChI=1S/C19H18ClN5O5S2/c20-17-15(5-2-6-21-17)22-16(26)12-31-19-24-23-18(30-19)13-3-1-4-14(11-13)32(27,28)25-7-9-29-10-8-25/h1-6,11H,7-10,12H2,(H,22,26). The number of anilines is 1. The van der Waals surface area contributed by atoms with Crippen molar-refractivity contribution in [3.8, 4) is 11.5 Å². The van der Waals surface area contributed by atoms with Gasteiger partial charge in [0, 0.05) is 24.8 Å². The first-order valence-electron chi connectivity index (χ1n) is 9.48. The van der Waals surface area contributed by atoms with E-state index < -0.39 is 10.0 Å². The fourth-order valence-corrected chi connectivity index (χ4v) is 5.09. The molecule has 3 heterocycles. The summed E-state index contributed by atoms with van der Waals surface area (Å²) in [7, 11) is -3.65. The summed E-state index contributed by atoms with van der Waals surface area (Å²) in [6.07, 6.45) is 1.52. The molecular formula is C19H18ClN5O5S2. The summed E-state index contributed by atoms with van der Waals surface area (Å²) >= 11 is 6.97. The van der Waals surface area contributed by atoms with Crippen molar-refractivity contribution in [3.63, 3.8) is 0 Å². The first-order valence-corrected chi connectivity index (χ1v) is 12.3. The van der Waals surface area contributed by atoms with Crippen LogP contribution in [0.1, 0.15) is 0 Å². The molecule has 0 spiro atoms. The summed E-state index contributed by atoms with van der Waals surface area (Å²) in [5.41, 5.74) is 0.870. The predicted octanol–water partition coefficient (Wildman–Crippen LogP) is 2.54. The lowest BCUT2D eigenvalue weighted by Gasteiger charge is -2.26. The van der Waals surface area contributed by atoms with Crippen LogP contribution in [0, 0.1) is 0 Å². The van der Waals surface area contributed by atoms with Crippen molar-refractivity contribution in [3.05, 3.63) is 47.7 Å². The fraction of sp³-hybridized carbons (Fsp3) is 0.263. The van der Waals surface area contributed by atoms with Crippen molar-refractivity contribution in [2.45, 2.75) is 10.1 Å². The largest absolute Gasteiger partial charge is 0.411 e. The molecule has 1 aliphatic rings. The number of carbonyl (C=O) groups excluding carboxylic acids is 1. The molecule has 3 aromatic rings. The number of benzene rings is 1. The van der Waals surface area contributed by atoms with Crippen LogP contribution in [0.25, 0.3) is 11.5 Å². The van der Waals surface area contributed by atoms with Gasteiger partial charge >= 0.3 is 0 Å². The average Bonchev–Trinajstić information content (AvgIpc) is 3.29. The van der Waals surface area contributed by atoms with E-state index in [1.165, 1.54) is 22.6 Å². The molecule has 1 aromatic carbocycles. The number of ether oxygens (including phenoxy) is 1. The van der Waals surface area contributed by atoms with Crippen LogP contribution in [0.4, 0.5) is 5.69 Å². The predicted molar refractivity (Wildman–Crippen MR) is 118 cm³/mol. The van der Waals surface area contributed by atoms with E-state index >= 15 is 0 Å². The number of rotatable bonds is 7. The Hall–Kier alpha value is -2.51. The molecule has 0 radical (unpaired) electrons. The number of pyridine rings is 1. The lowest BCUT2D eigenvalue weighted by molar-refractivity contribution is -0.113. The molecule has 0 aliphatic carbocycles. The van der Waals surface area contributed by atoms with Crippen molar-refractivity contribution in [2.75, 3.05) is 37.4 Å². The van der Waals surface area contributed by atoms with Gasteiger partial charge < -0.3 is 14.5 Å². The van der Waals surface area contributed by atoms with Crippen LogP contribution in [0.3, 0.4) is 0 Å². The molecule has 1 aliphatic heterocycles. The van der Waals surface area contributed by atoms with Crippen LogP contribution in [0.5, 0.6) is 0 Å². The minimum Gasteiger partial charge on any atom is -0.411 e. The van der Waals surface area contributed by atoms with Crippen molar-refractivity contribution in [1.29, 1.82) is 0 Å². The van der Waals surface area contributed by atoms with Crippen LogP contribution < -0.4 is 5.32 Å². The molecule has 32 heavy (non-hydrogen) atoms. The van der Waals surface area contributed by atoms with Crippen LogP contribution in [-0.4, -0.2) is 65.9 Å². The van der Waals surface area contributed by atoms with Crippen LogP contribution in [-0.2, 0) is 19.6 Å². The van der Waals surface area contributed by atoms with E-state index in [1.807, 2.05) is 0 Å². The average molecular weight is 496 g/mol. The van der Waals surface area contributed by atoms with Gasteiger partial charge in [-0.05, 0) is 30.3 Å². The Bertz CT molecular complexity index is 1210. The van der Waals surface area contributed by atoms with Gasteiger partial charge in [0.15, 0.2) is 5.15 Å². The molecule has 2 aromatic heterocycles. The Balaban J connectivity index is 1.42. The molecule has 10 nitrogen and oxygen atoms in total. The third kappa shape index (κ3) is 5.27. The van der Waals surface area contributed by atoms with Gasteiger partial charge in [-0.3, -0.25) is 4.79 Å². The zero-order valence-corrected chi connectivity index (χ0v) is 19.0. The third-order valence-electron chi connectivity index (χ3n) is 4.46. The van der Waals surface area contributed by atoms with Gasteiger partial charge in [-0.25, -0.2) is 13.4 Å². The van der Waals surface area contributed by atoms with E-state index in [2.05, 4.69) is 20.5 Å². The summed E-state index contributed by atoms with van der Waals surface area (Å²) in [6, 6.07) is 9.60. The number of aromatic nitrogens is 3. The monoisotopic (exact) mass is 495 g/mol. The second-order valence-corrected chi connectivity index (χ2v) is 9.82. The van der Waals surface area contributed by atoms with Gasteiger partial charge in [0.1, 0.15) is 0 Å². The Labute approximate surface area is 193 Å². The molecule has 0 bridgehead atoms. The topological polar surface area (TPSA) is 128 Å². The Morgan fingerprint density at radius 2 is 2.00 bits per heavy atom. The number of nitrogens with zero attached hydrogens (tertiary/aromatic N) is 4. The molecule has 0 atom stereocenters. The molecule has 1 N–H and O–H groups in total. The third-order valence-corrected chi connectivity index (χ3v) is 7.47. The maximum absolute atomic E-state index is 12.9. The summed E-state index contributed by atoms with van der Waals surface area (Å²) in [6.45, 7) is 1.34. The second kappa shape index (κ2) is 9.96. The molecule has 0 saturated carbocycles. The molecule has 1 fully saturated rings. The highest BCUT2D eigenvalue weighted by Crippen LogP contribution is 2.27. The zero-order chi connectivity index (χ0) is 22.6. The SMILES string of the molecule is O=C(CSc1nnc(-c2cccc(S(=O)(=O)N3CCOCC3)c2)o1)Nc1cccnc1Cl. The molecule has 1 saturated heterocycles. The summed E-state index contributed by atoms with van der Waals surface area (Å²) in [5, 5.41) is 10.9. The fourth-order valence-electron chi connectivity index (χ4n) is 2.90. The lowest BCUT2D eigenvalue weighted by atomic mass is 10.2.